The molecule has 0 saturated carbocycles. The number of halogens is 1. The number of fused-ring (bicyclic) bond motifs is 1. The smallest absolute Gasteiger partial charge is 0.135 e. The summed E-state index contributed by atoms with van der Waals surface area (Å²) >= 11 is 3.53. The normalized spacial score (nSPS) is 17.8. The monoisotopic (exact) mass is 293 g/mol. The minimum Gasteiger partial charge on any atom is -0.317 e. The molecule has 0 unspecified atom stereocenters. The number of rotatable bonds is 1. The van der Waals surface area contributed by atoms with Gasteiger partial charge in [0.15, 0.2) is 0 Å². The number of benzene rings is 1. The van der Waals surface area contributed by atoms with Crippen LogP contribution in [0.3, 0.4) is 0 Å². The molecule has 0 bridgehead atoms. The van der Waals surface area contributed by atoms with Gasteiger partial charge in [-0.2, -0.15) is 5.10 Å². The lowest BCUT2D eigenvalue weighted by Gasteiger charge is -2.23. The first-order valence-electron chi connectivity index (χ1n) is 6.09. The van der Waals surface area contributed by atoms with Crippen molar-refractivity contribution < 1.29 is 0 Å². The summed E-state index contributed by atoms with van der Waals surface area (Å²) in [4.78, 5) is 0. The number of nitrogens with zero attached hydrogens (tertiary/aromatic N) is 2. The number of para-hydroxylation sites is 1. The molecule has 3 rings (SSSR count). The molecule has 1 N–H and O–H groups in total. The van der Waals surface area contributed by atoms with Gasteiger partial charge in [0.1, 0.15) is 4.60 Å². The van der Waals surface area contributed by atoms with Gasteiger partial charge in [-0.15, -0.1) is 0 Å². The summed E-state index contributed by atoms with van der Waals surface area (Å²) < 4.78 is 2.95. The summed E-state index contributed by atoms with van der Waals surface area (Å²) in [6.45, 7) is 2.25. The number of aromatic nitrogens is 2. The summed E-state index contributed by atoms with van der Waals surface area (Å²) in [5.74, 6) is 0.669. The Morgan fingerprint density at radius 3 is 2.88 bits per heavy atom. The molecule has 1 fully saturated rings. The van der Waals surface area contributed by atoms with Gasteiger partial charge in [-0.25, -0.2) is 0 Å². The van der Waals surface area contributed by atoms with Crippen LogP contribution in [0.4, 0.5) is 0 Å². The molecule has 2 heterocycles. The second kappa shape index (κ2) is 4.42. The van der Waals surface area contributed by atoms with Gasteiger partial charge in [0.25, 0.3) is 0 Å². The van der Waals surface area contributed by atoms with Gasteiger partial charge in [-0.3, -0.25) is 4.68 Å². The van der Waals surface area contributed by atoms with Crippen molar-refractivity contribution >= 4 is 26.8 Å². The quantitative estimate of drug-likeness (QED) is 0.876. The summed E-state index contributed by atoms with van der Waals surface area (Å²) in [5.41, 5.74) is 2.73. The fourth-order valence-corrected chi connectivity index (χ4v) is 3.34. The highest BCUT2D eigenvalue weighted by atomic mass is 79.9. The molecule has 0 aliphatic carbocycles. The van der Waals surface area contributed by atoms with E-state index < -0.39 is 0 Å². The van der Waals surface area contributed by atoms with Crippen LogP contribution in [0.2, 0.25) is 0 Å². The molecule has 0 radical (unpaired) electrons. The number of hydrogen-bond donors (Lipinski definition) is 1. The molecule has 1 saturated heterocycles. The van der Waals surface area contributed by atoms with Gasteiger partial charge in [-0.1, -0.05) is 18.2 Å². The van der Waals surface area contributed by atoms with Crippen LogP contribution in [0.15, 0.2) is 22.8 Å². The van der Waals surface area contributed by atoms with Crippen molar-refractivity contribution in [2.75, 3.05) is 13.1 Å². The van der Waals surface area contributed by atoms with Crippen LogP contribution in [0.5, 0.6) is 0 Å². The van der Waals surface area contributed by atoms with Gasteiger partial charge in [0.05, 0.1) is 5.52 Å². The Bertz CT molecular complexity index is 541. The molecule has 1 aromatic heterocycles. The van der Waals surface area contributed by atoms with E-state index in [1.54, 1.807) is 0 Å². The van der Waals surface area contributed by atoms with Crippen molar-refractivity contribution in [3.05, 3.63) is 28.4 Å². The zero-order valence-electron chi connectivity index (χ0n) is 9.91. The number of hydrogen-bond acceptors (Lipinski definition) is 2. The molecule has 2 aromatic rings. The number of aryl methyl sites for hydroxylation is 1. The highest BCUT2D eigenvalue weighted by Gasteiger charge is 2.19. The molecular formula is C13H16BrN3. The topological polar surface area (TPSA) is 29.9 Å². The van der Waals surface area contributed by atoms with E-state index in [0.717, 1.165) is 17.7 Å². The lowest BCUT2D eigenvalue weighted by Crippen LogP contribution is -2.26. The SMILES string of the molecule is Cn1nc(Br)c2cccc(C3CCNCC3)c21. The maximum Gasteiger partial charge on any atom is 0.135 e. The van der Waals surface area contributed by atoms with Gasteiger partial charge < -0.3 is 5.32 Å². The Morgan fingerprint density at radius 1 is 1.35 bits per heavy atom. The van der Waals surface area contributed by atoms with E-state index in [9.17, 15) is 0 Å². The highest BCUT2D eigenvalue weighted by molar-refractivity contribution is 9.10. The molecular weight excluding hydrogens is 278 g/mol. The van der Waals surface area contributed by atoms with Crippen molar-refractivity contribution in [3.8, 4) is 0 Å². The van der Waals surface area contributed by atoms with Crippen LogP contribution in [0, 0.1) is 0 Å². The minimum absolute atomic E-state index is 0.669. The zero-order valence-corrected chi connectivity index (χ0v) is 11.5. The van der Waals surface area contributed by atoms with E-state index in [4.69, 9.17) is 0 Å². The Morgan fingerprint density at radius 2 is 2.12 bits per heavy atom. The first-order chi connectivity index (χ1) is 8.27. The molecule has 1 aromatic carbocycles. The Labute approximate surface area is 109 Å². The Hall–Kier alpha value is -0.870. The first-order valence-corrected chi connectivity index (χ1v) is 6.88. The van der Waals surface area contributed by atoms with E-state index in [-0.39, 0.29) is 0 Å². The molecule has 0 atom stereocenters. The summed E-state index contributed by atoms with van der Waals surface area (Å²) in [5, 5.41) is 9.11. The Balaban J connectivity index is 2.15. The van der Waals surface area contributed by atoms with Crippen LogP contribution in [0.1, 0.15) is 24.3 Å². The van der Waals surface area contributed by atoms with Gasteiger partial charge in [0.2, 0.25) is 0 Å². The predicted octanol–water partition coefficient (Wildman–Crippen LogP) is 2.80. The summed E-state index contributed by atoms with van der Waals surface area (Å²) in [7, 11) is 2.03. The van der Waals surface area contributed by atoms with Gasteiger partial charge >= 0.3 is 0 Å². The minimum atomic E-state index is 0.669. The maximum atomic E-state index is 4.46. The van der Waals surface area contributed by atoms with Gasteiger partial charge in [0, 0.05) is 12.4 Å². The van der Waals surface area contributed by atoms with E-state index in [2.05, 4.69) is 44.5 Å². The van der Waals surface area contributed by atoms with Crippen molar-refractivity contribution in [1.82, 2.24) is 15.1 Å². The fraction of sp³-hybridized carbons (Fsp3) is 0.462. The molecule has 90 valence electrons. The molecule has 1 aliphatic rings. The Kier molecular flexibility index (Phi) is 2.92. The summed E-state index contributed by atoms with van der Waals surface area (Å²) in [6.07, 6.45) is 2.45. The molecule has 0 spiro atoms. The predicted molar refractivity (Wildman–Crippen MR) is 73.3 cm³/mol. The van der Waals surface area contributed by atoms with Crippen LogP contribution < -0.4 is 5.32 Å². The highest BCUT2D eigenvalue weighted by Crippen LogP contribution is 2.33. The fourth-order valence-electron chi connectivity index (χ4n) is 2.79. The average Bonchev–Trinajstić information content (AvgIpc) is 2.66. The molecule has 17 heavy (non-hydrogen) atoms. The maximum absolute atomic E-state index is 4.46. The van der Waals surface area contributed by atoms with Crippen LogP contribution in [-0.4, -0.2) is 22.9 Å². The second-order valence-electron chi connectivity index (χ2n) is 4.68. The van der Waals surface area contributed by atoms with Crippen LogP contribution in [0.25, 0.3) is 10.9 Å². The first kappa shape index (κ1) is 11.2. The molecule has 1 aliphatic heterocycles. The molecule has 3 nitrogen and oxygen atoms in total. The third kappa shape index (κ3) is 1.89. The average molecular weight is 294 g/mol. The van der Waals surface area contributed by atoms with E-state index in [0.29, 0.717) is 5.92 Å². The molecule has 4 heteroatoms. The standard InChI is InChI=1S/C13H16BrN3/c1-17-12-10(9-5-7-15-8-6-9)3-2-4-11(12)13(14)16-17/h2-4,9,15H,5-8H2,1H3. The third-order valence-electron chi connectivity index (χ3n) is 3.63. The summed E-state index contributed by atoms with van der Waals surface area (Å²) in [6, 6.07) is 6.54. The largest absolute Gasteiger partial charge is 0.317 e. The van der Waals surface area contributed by atoms with Crippen molar-refractivity contribution in [3.63, 3.8) is 0 Å². The molecule has 0 amide bonds. The van der Waals surface area contributed by atoms with E-state index in [1.165, 1.54) is 29.3 Å². The van der Waals surface area contributed by atoms with E-state index in [1.807, 2.05) is 11.7 Å². The third-order valence-corrected chi connectivity index (χ3v) is 4.22. The van der Waals surface area contributed by atoms with Crippen molar-refractivity contribution in [2.24, 2.45) is 7.05 Å². The lowest BCUT2D eigenvalue weighted by atomic mass is 9.89. The second-order valence-corrected chi connectivity index (χ2v) is 5.43. The van der Waals surface area contributed by atoms with Crippen molar-refractivity contribution in [2.45, 2.75) is 18.8 Å². The van der Waals surface area contributed by atoms with Crippen molar-refractivity contribution in [1.29, 1.82) is 0 Å². The zero-order chi connectivity index (χ0) is 11.8. The lowest BCUT2D eigenvalue weighted by molar-refractivity contribution is 0.461. The van der Waals surface area contributed by atoms with Crippen LogP contribution >= 0.6 is 15.9 Å². The number of piperidine rings is 1. The van der Waals surface area contributed by atoms with E-state index >= 15 is 0 Å². The van der Waals surface area contributed by atoms with Gasteiger partial charge in [-0.05, 0) is 53.3 Å². The van der Waals surface area contributed by atoms with Crippen LogP contribution in [-0.2, 0) is 7.05 Å². The number of nitrogens with one attached hydrogen (secondary N) is 1.